The van der Waals surface area contributed by atoms with Crippen molar-refractivity contribution in [2.45, 2.75) is 72.1 Å². The first-order chi connectivity index (χ1) is 6.18. The third-order valence-corrected chi connectivity index (χ3v) is 3.54. The zero-order chi connectivity index (χ0) is 9.73. The summed E-state index contributed by atoms with van der Waals surface area (Å²) in [7, 11) is 0. The molecule has 13 heavy (non-hydrogen) atoms. The van der Waals surface area contributed by atoms with Crippen LogP contribution in [0.1, 0.15) is 72.1 Å². The molecule has 0 aromatic rings. The van der Waals surface area contributed by atoms with E-state index in [2.05, 4.69) is 20.8 Å². The molecule has 0 N–H and O–H groups in total. The highest BCUT2D eigenvalue weighted by Crippen LogP contribution is 2.44. The predicted octanol–water partition coefficient (Wildman–Crippen LogP) is 4.78. The van der Waals surface area contributed by atoms with Gasteiger partial charge in [0.05, 0.1) is 0 Å². The molecule has 0 amide bonds. The van der Waals surface area contributed by atoms with Gasteiger partial charge in [0.25, 0.3) is 0 Å². The van der Waals surface area contributed by atoms with Gasteiger partial charge in [0, 0.05) is 0 Å². The number of hydrogen-bond acceptors (Lipinski definition) is 0. The Morgan fingerprint density at radius 1 is 1.08 bits per heavy atom. The minimum Gasteiger partial charge on any atom is -0.0654 e. The minimum absolute atomic E-state index is 0.751. The number of rotatable bonds is 4. The SMILES string of the molecule is CCCC1(CC(C)C)CCCCC1. The predicted molar refractivity (Wildman–Crippen MR) is 59.9 cm³/mol. The fraction of sp³-hybridized carbons (Fsp3) is 1.00. The normalized spacial score (nSPS) is 22.2. The maximum absolute atomic E-state index is 2.38. The molecule has 0 heterocycles. The van der Waals surface area contributed by atoms with E-state index in [4.69, 9.17) is 0 Å². The molecular weight excluding hydrogens is 156 g/mol. The Balaban J connectivity index is 2.50. The van der Waals surface area contributed by atoms with Crippen LogP contribution < -0.4 is 0 Å². The van der Waals surface area contributed by atoms with E-state index >= 15 is 0 Å². The van der Waals surface area contributed by atoms with Gasteiger partial charge in [-0.3, -0.25) is 0 Å². The largest absolute Gasteiger partial charge is 0.0654 e. The van der Waals surface area contributed by atoms with Crippen molar-refractivity contribution in [3.8, 4) is 0 Å². The third-order valence-electron chi connectivity index (χ3n) is 3.54. The van der Waals surface area contributed by atoms with Crippen LogP contribution >= 0.6 is 0 Å². The third kappa shape index (κ3) is 3.32. The molecule has 78 valence electrons. The Morgan fingerprint density at radius 2 is 1.69 bits per heavy atom. The zero-order valence-corrected chi connectivity index (χ0v) is 9.73. The molecule has 0 saturated heterocycles. The lowest BCUT2D eigenvalue weighted by Gasteiger charge is -2.38. The summed E-state index contributed by atoms with van der Waals surface area (Å²) in [5.74, 6) is 0.893. The highest BCUT2D eigenvalue weighted by molar-refractivity contribution is 4.83. The van der Waals surface area contributed by atoms with E-state index in [0.717, 1.165) is 11.3 Å². The van der Waals surface area contributed by atoms with Gasteiger partial charge in [-0.15, -0.1) is 0 Å². The van der Waals surface area contributed by atoms with Gasteiger partial charge in [-0.25, -0.2) is 0 Å². The lowest BCUT2D eigenvalue weighted by molar-refractivity contribution is 0.135. The molecule has 0 aromatic carbocycles. The molecule has 0 aromatic heterocycles. The van der Waals surface area contributed by atoms with Gasteiger partial charge in [0.15, 0.2) is 0 Å². The molecule has 1 aliphatic rings. The molecule has 1 saturated carbocycles. The van der Waals surface area contributed by atoms with Gasteiger partial charge in [-0.2, -0.15) is 0 Å². The summed E-state index contributed by atoms with van der Waals surface area (Å²) in [6.45, 7) is 7.11. The van der Waals surface area contributed by atoms with Gasteiger partial charge >= 0.3 is 0 Å². The highest BCUT2D eigenvalue weighted by Gasteiger charge is 2.31. The first-order valence-corrected chi connectivity index (χ1v) is 6.18. The van der Waals surface area contributed by atoms with E-state index in [1.54, 1.807) is 0 Å². The van der Waals surface area contributed by atoms with E-state index in [1.165, 1.54) is 51.4 Å². The minimum atomic E-state index is 0.751. The maximum atomic E-state index is 2.38. The Morgan fingerprint density at radius 3 is 2.15 bits per heavy atom. The van der Waals surface area contributed by atoms with Gasteiger partial charge in [-0.05, 0) is 37.0 Å². The maximum Gasteiger partial charge on any atom is -0.0295 e. The summed E-state index contributed by atoms with van der Waals surface area (Å²) in [4.78, 5) is 0. The quantitative estimate of drug-likeness (QED) is 0.587. The lowest BCUT2D eigenvalue weighted by atomic mass is 9.67. The van der Waals surface area contributed by atoms with Crippen molar-refractivity contribution in [1.82, 2.24) is 0 Å². The summed E-state index contributed by atoms with van der Waals surface area (Å²) >= 11 is 0. The zero-order valence-electron chi connectivity index (χ0n) is 9.73. The Hall–Kier alpha value is 0. The van der Waals surface area contributed by atoms with E-state index in [9.17, 15) is 0 Å². The van der Waals surface area contributed by atoms with Crippen molar-refractivity contribution < 1.29 is 0 Å². The van der Waals surface area contributed by atoms with E-state index < -0.39 is 0 Å². The molecule has 0 nitrogen and oxygen atoms in total. The molecule has 0 aliphatic heterocycles. The van der Waals surface area contributed by atoms with Crippen LogP contribution in [0.15, 0.2) is 0 Å². The smallest absolute Gasteiger partial charge is 0.0295 e. The monoisotopic (exact) mass is 182 g/mol. The van der Waals surface area contributed by atoms with Crippen LogP contribution in [0.4, 0.5) is 0 Å². The second-order valence-electron chi connectivity index (χ2n) is 5.41. The molecule has 0 unspecified atom stereocenters. The van der Waals surface area contributed by atoms with Gasteiger partial charge in [0.1, 0.15) is 0 Å². The van der Waals surface area contributed by atoms with E-state index in [-0.39, 0.29) is 0 Å². The van der Waals surface area contributed by atoms with E-state index in [1.807, 2.05) is 0 Å². The highest BCUT2D eigenvalue weighted by atomic mass is 14.4. The Labute approximate surface area is 84.1 Å². The van der Waals surface area contributed by atoms with Crippen molar-refractivity contribution in [3.05, 3.63) is 0 Å². The first-order valence-electron chi connectivity index (χ1n) is 6.18. The molecule has 0 bridgehead atoms. The molecule has 0 radical (unpaired) electrons. The van der Waals surface area contributed by atoms with Crippen LogP contribution in [-0.4, -0.2) is 0 Å². The van der Waals surface area contributed by atoms with Gasteiger partial charge in [0.2, 0.25) is 0 Å². The Kier molecular flexibility index (Phi) is 4.28. The second-order valence-corrected chi connectivity index (χ2v) is 5.41. The van der Waals surface area contributed by atoms with Crippen LogP contribution in [0.5, 0.6) is 0 Å². The van der Waals surface area contributed by atoms with Crippen LogP contribution in [0.25, 0.3) is 0 Å². The summed E-state index contributed by atoms with van der Waals surface area (Å²) in [6.07, 6.45) is 11.8. The van der Waals surface area contributed by atoms with Crippen LogP contribution in [0.3, 0.4) is 0 Å². The topological polar surface area (TPSA) is 0 Å². The average Bonchev–Trinajstić information content (AvgIpc) is 2.04. The molecule has 1 fully saturated rings. The van der Waals surface area contributed by atoms with Crippen LogP contribution in [-0.2, 0) is 0 Å². The second kappa shape index (κ2) is 5.02. The summed E-state index contributed by atoms with van der Waals surface area (Å²) < 4.78 is 0. The van der Waals surface area contributed by atoms with Crippen molar-refractivity contribution in [2.24, 2.45) is 11.3 Å². The molecule has 0 atom stereocenters. The van der Waals surface area contributed by atoms with Gasteiger partial charge in [-0.1, -0.05) is 46.5 Å². The molecule has 1 rings (SSSR count). The number of hydrogen-bond donors (Lipinski definition) is 0. The van der Waals surface area contributed by atoms with Crippen molar-refractivity contribution >= 4 is 0 Å². The average molecular weight is 182 g/mol. The lowest BCUT2D eigenvalue weighted by Crippen LogP contribution is -2.25. The fourth-order valence-corrected chi connectivity index (χ4v) is 3.25. The molecule has 1 aliphatic carbocycles. The van der Waals surface area contributed by atoms with E-state index in [0.29, 0.717) is 0 Å². The van der Waals surface area contributed by atoms with Crippen molar-refractivity contribution in [1.29, 1.82) is 0 Å². The Bertz CT molecular complexity index is 123. The van der Waals surface area contributed by atoms with Crippen LogP contribution in [0.2, 0.25) is 0 Å². The molecular formula is C13H26. The fourth-order valence-electron chi connectivity index (χ4n) is 3.25. The van der Waals surface area contributed by atoms with Crippen molar-refractivity contribution in [2.75, 3.05) is 0 Å². The molecule has 0 spiro atoms. The summed E-state index contributed by atoms with van der Waals surface area (Å²) in [5.41, 5.74) is 0.751. The van der Waals surface area contributed by atoms with Crippen LogP contribution in [0, 0.1) is 11.3 Å². The summed E-state index contributed by atoms with van der Waals surface area (Å²) in [6, 6.07) is 0. The standard InChI is InChI=1S/C13H26/c1-4-8-13(11-12(2)3)9-6-5-7-10-13/h12H,4-11H2,1-3H3. The molecule has 0 heteroatoms. The van der Waals surface area contributed by atoms with Crippen molar-refractivity contribution in [3.63, 3.8) is 0 Å². The van der Waals surface area contributed by atoms with Gasteiger partial charge < -0.3 is 0 Å². The first kappa shape index (κ1) is 11.1. The summed E-state index contributed by atoms with van der Waals surface area (Å²) in [5, 5.41) is 0.